The molecule has 10 heteroatoms. The molecule has 0 atom stereocenters. The number of rotatable bonds is 4. The predicted octanol–water partition coefficient (Wildman–Crippen LogP) is 2.75. The van der Waals surface area contributed by atoms with Gasteiger partial charge in [0.2, 0.25) is 5.95 Å². The molecule has 2 rings (SSSR count). The van der Waals surface area contributed by atoms with Crippen LogP contribution in [0.1, 0.15) is 17.7 Å². The van der Waals surface area contributed by atoms with E-state index in [9.17, 15) is 18.0 Å². The molecule has 0 spiro atoms. The Kier molecular flexibility index (Phi) is 4.70. The monoisotopic (exact) mass is 318 g/mol. The summed E-state index contributed by atoms with van der Waals surface area (Å²) < 4.78 is 41.4. The Morgan fingerprint density at radius 1 is 1.43 bits per heavy atom. The molecule has 3 N–H and O–H groups in total. The van der Waals surface area contributed by atoms with Crippen molar-refractivity contribution < 1.29 is 23.1 Å². The van der Waals surface area contributed by atoms with Gasteiger partial charge in [-0.25, -0.2) is 18.6 Å². The fraction of sp³-hybridized carbons (Fsp3) is 0.182. The van der Waals surface area contributed by atoms with E-state index in [4.69, 9.17) is 5.11 Å². The number of aliphatic hydroxyl groups is 1. The first-order chi connectivity index (χ1) is 10.0. The Hall–Kier alpha value is -2.20. The Labute approximate surface area is 120 Å². The first-order valence-corrected chi connectivity index (χ1v) is 6.35. The van der Waals surface area contributed by atoms with Crippen molar-refractivity contribution in [1.29, 1.82) is 0 Å². The van der Waals surface area contributed by atoms with Crippen molar-refractivity contribution in [3.63, 3.8) is 0 Å². The minimum atomic E-state index is -2.73. The maximum atomic E-state index is 13.3. The Morgan fingerprint density at radius 3 is 2.81 bits per heavy atom. The molecule has 2 aromatic heterocycles. The minimum absolute atomic E-state index is 0.0288. The SMILES string of the molecule is O=C(Nc1cc(C(F)F)ns1)Nc1ccnc(F)c1CO. The molecule has 0 aromatic carbocycles. The van der Waals surface area contributed by atoms with Crippen molar-refractivity contribution in [2.75, 3.05) is 10.6 Å². The molecule has 0 saturated heterocycles. The lowest BCUT2D eigenvalue weighted by Crippen LogP contribution is -2.20. The zero-order valence-electron chi connectivity index (χ0n) is 10.3. The van der Waals surface area contributed by atoms with Crippen LogP contribution >= 0.6 is 11.5 Å². The van der Waals surface area contributed by atoms with E-state index in [2.05, 4.69) is 20.0 Å². The summed E-state index contributed by atoms with van der Waals surface area (Å²) in [4.78, 5) is 15.0. The number of aliphatic hydroxyl groups excluding tert-OH is 1. The van der Waals surface area contributed by atoms with Crippen molar-refractivity contribution >= 4 is 28.3 Å². The van der Waals surface area contributed by atoms with Crippen molar-refractivity contribution in [2.45, 2.75) is 13.0 Å². The number of nitrogens with zero attached hydrogens (tertiary/aromatic N) is 2. The third kappa shape index (κ3) is 3.67. The minimum Gasteiger partial charge on any atom is -0.391 e. The number of anilines is 2. The maximum Gasteiger partial charge on any atom is 0.324 e. The van der Waals surface area contributed by atoms with Crippen molar-refractivity contribution in [3.8, 4) is 0 Å². The smallest absolute Gasteiger partial charge is 0.324 e. The van der Waals surface area contributed by atoms with Gasteiger partial charge in [0.1, 0.15) is 10.7 Å². The van der Waals surface area contributed by atoms with E-state index < -0.39 is 30.7 Å². The van der Waals surface area contributed by atoms with Gasteiger partial charge in [0, 0.05) is 12.3 Å². The molecule has 0 saturated carbocycles. The first-order valence-electron chi connectivity index (χ1n) is 5.58. The van der Waals surface area contributed by atoms with E-state index in [0.717, 1.165) is 12.3 Å². The average molecular weight is 318 g/mol. The van der Waals surface area contributed by atoms with Gasteiger partial charge in [-0.05, 0) is 17.6 Å². The molecule has 21 heavy (non-hydrogen) atoms. The van der Waals surface area contributed by atoms with Gasteiger partial charge in [0.05, 0.1) is 17.9 Å². The molecule has 0 aliphatic rings. The number of amides is 2. The molecule has 112 valence electrons. The standard InChI is InChI=1S/C11H9F3N4O2S/c12-9(13)7-3-8(21-18-7)17-11(20)16-6-1-2-15-10(14)5(6)4-19/h1-3,9,19H,4H2,(H2,15,16,17,20). The lowest BCUT2D eigenvalue weighted by molar-refractivity contribution is 0.147. The lowest BCUT2D eigenvalue weighted by atomic mass is 10.2. The highest BCUT2D eigenvalue weighted by atomic mass is 32.1. The molecule has 0 aliphatic carbocycles. The molecule has 0 bridgehead atoms. The van der Waals surface area contributed by atoms with Gasteiger partial charge in [-0.2, -0.15) is 8.76 Å². The number of nitrogens with one attached hydrogen (secondary N) is 2. The summed E-state index contributed by atoms with van der Waals surface area (Å²) in [7, 11) is 0. The van der Waals surface area contributed by atoms with E-state index in [1.165, 1.54) is 6.07 Å². The summed E-state index contributed by atoms with van der Waals surface area (Å²) in [5.74, 6) is -0.909. The molecule has 0 fully saturated rings. The van der Waals surface area contributed by atoms with Gasteiger partial charge >= 0.3 is 6.03 Å². The second-order valence-corrected chi connectivity index (χ2v) is 4.59. The van der Waals surface area contributed by atoms with Crippen LogP contribution in [0.25, 0.3) is 0 Å². The first kappa shape index (κ1) is 15.2. The van der Waals surface area contributed by atoms with E-state index in [-0.39, 0.29) is 16.3 Å². The molecule has 2 amide bonds. The zero-order valence-corrected chi connectivity index (χ0v) is 11.1. The summed E-state index contributed by atoms with van der Waals surface area (Å²) in [6, 6.07) is 1.56. The van der Waals surface area contributed by atoms with Crippen LogP contribution in [0.4, 0.5) is 28.7 Å². The van der Waals surface area contributed by atoms with Crippen LogP contribution in [0.3, 0.4) is 0 Å². The number of carbonyl (C=O) groups excluding carboxylic acids is 1. The normalized spacial score (nSPS) is 10.7. The summed E-state index contributed by atoms with van der Waals surface area (Å²) >= 11 is 0.692. The Bertz CT molecular complexity index is 650. The van der Waals surface area contributed by atoms with Crippen molar-refractivity contribution in [1.82, 2.24) is 9.36 Å². The van der Waals surface area contributed by atoms with Gasteiger partial charge in [-0.15, -0.1) is 0 Å². The molecule has 0 unspecified atom stereocenters. The highest BCUT2D eigenvalue weighted by molar-refractivity contribution is 7.10. The third-order valence-corrected chi connectivity index (χ3v) is 3.12. The molecule has 2 heterocycles. The molecule has 6 nitrogen and oxygen atoms in total. The van der Waals surface area contributed by atoms with Crippen LogP contribution < -0.4 is 10.6 Å². The van der Waals surface area contributed by atoms with Gasteiger partial charge < -0.3 is 10.4 Å². The molecule has 2 aromatic rings. The lowest BCUT2D eigenvalue weighted by Gasteiger charge is -2.09. The van der Waals surface area contributed by atoms with E-state index >= 15 is 0 Å². The van der Waals surface area contributed by atoms with Crippen LogP contribution in [-0.2, 0) is 6.61 Å². The summed E-state index contributed by atoms with van der Waals surface area (Å²) in [6.45, 7) is -0.647. The number of pyridine rings is 1. The van der Waals surface area contributed by atoms with Gasteiger partial charge in [-0.1, -0.05) is 0 Å². The van der Waals surface area contributed by atoms with E-state index in [1.54, 1.807) is 0 Å². The third-order valence-electron chi connectivity index (χ3n) is 2.40. The number of urea groups is 1. The van der Waals surface area contributed by atoms with Gasteiger partial charge in [0.25, 0.3) is 6.43 Å². The second-order valence-electron chi connectivity index (χ2n) is 3.78. The Balaban J connectivity index is 2.06. The number of carbonyl (C=O) groups is 1. The molecular formula is C11H9F3N4O2S. The highest BCUT2D eigenvalue weighted by Gasteiger charge is 2.15. The van der Waals surface area contributed by atoms with Crippen LogP contribution in [0.2, 0.25) is 0 Å². The van der Waals surface area contributed by atoms with E-state index in [1.807, 2.05) is 0 Å². The quantitative estimate of drug-likeness (QED) is 0.757. The van der Waals surface area contributed by atoms with Crippen LogP contribution in [-0.4, -0.2) is 20.5 Å². The number of hydrogen-bond donors (Lipinski definition) is 3. The highest BCUT2D eigenvalue weighted by Crippen LogP contribution is 2.25. The zero-order chi connectivity index (χ0) is 15.4. The number of hydrogen-bond acceptors (Lipinski definition) is 5. The second kappa shape index (κ2) is 6.50. The average Bonchev–Trinajstić information content (AvgIpc) is 2.87. The van der Waals surface area contributed by atoms with Crippen LogP contribution in [0.15, 0.2) is 18.3 Å². The fourth-order valence-corrected chi connectivity index (χ4v) is 2.10. The van der Waals surface area contributed by atoms with Crippen LogP contribution in [0, 0.1) is 5.95 Å². The molecule has 0 radical (unpaired) electrons. The van der Waals surface area contributed by atoms with E-state index in [0.29, 0.717) is 11.5 Å². The number of halogens is 3. The maximum absolute atomic E-state index is 13.3. The number of aromatic nitrogens is 2. The van der Waals surface area contributed by atoms with Crippen molar-refractivity contribution in [2.24, 2.45) is 0 Å². The van der Waals surface area contributed by atoms with Gasteiger partial charge in [-0.3, -0.25) is 5.32 Å². The largest absolute Gasteiger partial charge is 0.391 e. The summed E-state index contributed by atoms with van der Waals surface area (Å²) in [5.41, 5.74) is -0.590. The molecule has 0 aliphatic heterocycles. The van der Waals surface area contributed by atoms with Crippen molar-refractivity contribution in [3.05, 3.63) is 35.5 Å². The fourth-order valence-electron chi connectivity index (χ4n) is 1.45. The van der Waals surface area contributed by atoms with Gasteiger partial charge in [0.15, 0.2) is 0 Å². The predicted molar refractivity (Wildman–Crippen MR) is 69.8 cm³/mol. The number of alkyl halides is 2. The summed E-state index contributed by atoms with van der Waals surface area (Å²) in [6.07, 6.45) is -1.61. The van der Waals surface area contributed by atoms with Crippen LogP contribution in [0.5, 0.6) is 0 Å². The molecular weight excluding hydrogens is 309 g/mol. The summed E-state index contributed by atoms with van der Waals surface area (Å²) in [5, 5.41) is 13.7. The Morgan fingerprint density at radius 2 is 2.19 bits per heavy atom. The topological polar surface area (TPSA) is 87.1 Å².